The van der Waals surface area contributed by atoms with E-state index >= 15 is 0 Å². The fourth-order valence-electron chi connectivity index (χ4n) is 4.33. The molecule has 0 fully saturated rings. The topological polar surface area (TPSA) is 24.8 Å². The summed E-state index contributed by atoms with van der Waals surface area (Å²) in [4.78, 5) is 7.14. The van der Waals surface area contributed by atoms with Gasteiger partial charge < -0.3 is 9.64 Å². The van der Waals surface area contributed by atoms with Gasteiger partial charge in [-0.2, -0.15) is 0 Å². The van der Waals surface area contributed by atoms with Crippen LogP contribution in [0.1, 0.15) is 19.4 Å². The molecule has 3 aromatic rings. The molecule has 0 saturated carbocycles. The van der Waals surface area contributed by atoms with Gasteiger partial charge >= 0.3 is 0 Å². The highest BCUT2D eigenvalue weighted by atomic mass is 127. The number of nitrogens with zero attached hydrogens (tertiary/aromatic N) is 2. The van der Waals surface area contributed by atoms with Gasteiger partial charge in [-0.25, -0.2) is 0 Å². The molecule has 0 radical (unpaired) electrons. The molecule has 5 rings (SSSR count). The van der Waals surface area contributed by atoms with Crippen molar-refractivity contribution < 1.29 is 4.74 Å². The van der Waals surface area contributed by atoms with Gasteiger partial charge in [-0.15, -0.1) is 0 Å². The van der Waals surface area contributed by atoms with E-state index in [1.54, 1.807) is 0 Å². The van der Waals surface area contributed by atoms with Gasteiger partial charge in [-0.05, 0) is 71.7 Å². The molecule has 0 amide bonds. The lowest BCUT2D eigenvalue weighted by atomic mass is 9.77. The van der Waals surface area contributed by atoms with Crippen LogP contribution >= 0.6 is 22.6 Å². The Bertz CT molecular complexity index is 1090. The summed E-state index contributed by atoms with van der Waals surface area (Å²) in [5.74, 6) is 0.841. The predicted molar refractivity (Wildman–Crippen MR) is 116 cm³/mol. The maximum absolute atomic E-state index is 6.71. The molecule has 0 aliphatic carbocycles. The summed E-state index contributed by atoms with van der Waals surface area (Å²) < 4.78 is 7.95. The van der Waals surface area contributed by atoms with E-state index in [9.17, 15) is 0 Å². The molecule has 0 N–H and O–H groups in total. The SMILES string of the molecule is CN1c2ccc(I)cc2C(C)(C)[C@@]12C=Nc1c(ccc3ccccc13)O2. The molecular formula is C22H19IN2O. The Balaban J connectivity index is 1.71. The van der Waals surface area contributed by atoms with Gasteiger partial charge in [0, 0.05) is 21.7 Å². The molecule has 0 unspecified atom stereocenters. The quantitative estimate of drug-likeness (QED) is 0.410. The first-order chi connectivity index (χ1) is 12.4. The van der Waals surface area contributed by atoms with Crippen LogP contribution in [-0.2, 0) is 5.41 Å². The smallest absolute Gasteiger partial charge is 0.228 e. The second kappa shape index (κ2) is 5.22. The minimum atomic E-state index is -0.630. The minimum Gasteiger partial charge on any atom is -0.459 e. The summed E-state index contributed by atoms with van der Waals surface area (Å²) >= 11 is 2.37. The highest BCUT2D eigenvalue weighted by Gasteiger charge is 2.58. The monoisotopic (exact) mass is 454 g/mol. The van der Waals surface area contributed by atoms with Crippen molar-refractivity contribution in [2.45, 2.75) is 25.0 Å². The summed E-state index contributed by atoms with van der Waals surface area (Å²) in [6.45, 7) is 4.48. The second-order valence-corrected chi connectivity index (χ2v) is 8.78. The van der Waals surface area contributed by atoms with Gasteiger partial charge in [0.1, 0.15) is 11.4 Å². The van der Waals surface area contributed by atoms with E-state index in [0.29, 0.717) is 0 Å². The number of anilines is 1. The summed E-state index contributed by atoms with van der Waals surface area (Å²) in [7, 11) is 2.10. The maximum Gasteiger partial charge on any atom is 0.228 e. The number of hydrogen-bond acceptors (Lipinski definition) is 3. The summed E-state index contributed by atoms with van der Waals surface area (Å²) in [6.07, 6.45) is 1.99. The molecule has 0 aromatic heterocycles. The molecule has 4 heteroatoms. The molecule has 3 aromatic carbocycles. The van der Waals surface area contributed by atoms with Crippen molar-refractivity contribution >= 4 is 51.0 Å². The van der Waals surface area contributed by atoms with Crippen LogP contribution in [0, 0.1) is 3.57 Å². The number of fused-ring (bicyclic) bond motifs is 4. The van der Waals surface area contributed by atoms with E-state index < -0.39 is 5.72 Å². The molecule has 1 spiro atoms. The van der Waals surface area contributed by atoms with E-state index in [0.717, 1.165) is 16.8 Å². The van der Waals surface area contributed by atoms with E-state index in [1.807, 2.05) is 18.3 Å². The molecule has 130 valence electrons. The van der Waals surface area contributed by atoms with Gasteiger partial charge in [0.05, 0.1) is 11.6 Å². The predicted octanol–water partition coefficient (Wildman–Crippen LogP) is 5.66. The molecule has 0 saturated heterocycles. The van der Waals surface area contributed by atoms with Crippen LogP contribution in [0.4, 0.5) is 11.4 Å². The lowest BCUT2D eigenvalue weighted by Gasteiger charge is -2.45. The van der Waals surface area contributed by atoms with Crippen LogP contribution in [0.3, 0.4) is 0 Å². The Morgan fingerprint density at radius 2 is 1.85 bits per heavy atom. The molecule has 26 heavy (non-hydrogen) atoms. The molecule has 2 aliphatic heterocycles. The maximum atomic E-state index is 6.71. The molecular weight excluding hydrogens is 435 g/mol. The third-order valence-corrected chi connectivity index (χ3v) is 6.56. The van der Waals surface area contributed by atoms with E-state index in [4.69, 9.17) is 9.73 Å². The average molecular weight is 454 g/mol. The number of halogens is 1. The first-order valence-corrected chi connectivity index (χ1v) is 9.82. The van der Waals surface area contributed by atoms with Crippen LogP contribution in [-0.4, -0.2) is 19.0 Å². The van der Waals surface area contributed by atoms with Gasteiger partial charge in [0.15, 0.2) is 0 Å². The average Bonchev–Trinajstić information content (AvgIpc) is 2.80. The molecule has 2 heterocycles. The fourth-order valence-corrected chi connectivity index (χ4v) is 4.82. The number of rotatable bonds is 0. The van der Waals surface area contributed by atoms with Crippen molar-refractivity contribution in [3.63, 3.8) is 0 Å². The largest absolute Gasteiger partial charge is 0.459 e. The fraction of sp³-hybridized carbons (Fsp3) is 0.227. The van der Waals surface area contributed by atoms with Crippen LogP contribution in [0.2, 0.25) is 0 Å². The van der Waals surface area contributed by atoms with Gasteiger partial charge in [0.2, 0.25) is 5.72 Å². The zero-order valence-electron chi connectivity index (χ0n) is 15.0. The highest BCUT2D eigenvalue weighted by Crippen LogP contribution is 2.54. The highest BCUT2D eigenvalue weighted by molar-refractivity contribution is 14.1. The van der Waals surface area contributed by atoms with Crippen LogP contribution in [0.25, 0.3) is 10.8 Å². The Hall–Kier alpha value is -2.08. The summed E-state index contributed by atoms with van der Waals surface area (Å²) in [5, 5.41) is 2.31. The van der Waals surface area contributed by atoms with Gasteiger partial charge in [-0.1, -0.05) is 30.3 Å². The summed E-state index contributed by atoms with van der Waals surface area (Å²) in [5.41, 5.74) is 2.55. The van der Waals surface area contributed by atoms with Crippen molar-refractivity contribution in [1.82, 2.24) is 0 Å². The minimum absolute atomic E-state index is 0.231. The van der Waals surface area contributed by atoms with Crippen LogP contribution in [0.15, 0.2) is 59.6 Å². The van der Waals surface area contributed by atoms with Crippen molar-refractivity contribution in [3.05, 3.63) is 63.7 Å². The third-order valence-electron chi connectivity index (χ3n) is 5.88. The molecule has 2 aliphatic rings. The first-order valence-electron chi connectivity index (χ1n) is 8.74. The Labute approximate surface area is 166 Å². The molecule has 1 atom stereocenters. The zero-order valence-corrected chi connectivity index (χ0v) is 17.1. The number of aliphatic imine (C=N–C) groups is 1. The van der Waals surface area contributed by atoms with Crippen LogP contribution in [0.5, 0.6) is 5.75 Å². The third kappa shape index (κ3) is 1.91. The number of ether oxygens (including phenoxy) is 1. The van der Waals surface area contributed by atoms with Crippen molar-refractivity contribution in [2.24, 2.45) is 4.99 Å². The van der Waals surface area contributed by atoms with Gasteiger partial charge in [-0.3, -0.25) is 4.99 Å². The second-order valence-electron chi connectivity index (χ2n) is 7.54. The number of benzene rings is 3. The van der Waals surface area contributed by atoms with Crippen molar-refractivity contribution in [2.75, 3.05) is 11.9 Å². The van der Waals surface area contributed by atoms with E-state index in [2.05, 4.69) is 90.9 Å². The normalized spacial score (nSPS) is 22.4. The summed E-state index contributed by atoms with van der Waals surface area (Å²) in [6, 6.07) is 19.1. The first kappa shape index (κ1) is 16.1. The molecule has 0 bridgehead atoms. The lowest BCUT2D eigenvalue weighted by Crippen LogP contribution is -2.61. The Morgan fingerprint density at radius 3 is 2.69 bits per heavy atom. The van der Waals surface area contributed by atoms with E-state index in [-0.39, 0.29) is 5.41 Å². The zero-order chi connectivity index (χ0) is 18.1. The van der Waals surface area contributed by atoms with Crippen molar-refractivity contribution in [3.8, 4) is 5.75 Å². The molecule has 3 nitrogen and oxygen atoms in total. The van der Waals surface area contributed by atoms with Crippen molar-refractivity contribution in [1.29, 1.82) is 0 Å². The van der Waals surface area contributed by atoms with Crippen LogP contribution < -0.4 is 9.64 Å². The Kier molecular flexibility index (Phi) is 3.24. The standard InChI is InChI=1S/C22H19IN2O/c1-21(2)17-12-15(23)9-10-18(17)25(3)22(21)13-24-20-16-7-5-4-6-14(16)8-11-19(20)26-22/h4-13H,1-3H3/t22-/m0/s1. The number of hydrogen-bond donors (Lipinski definition) is 0. The number of likely N-dealkylation sites (N-methyl/N-ethyl adjacent to an activating group) is 1. The lowest BCUT2D eigenvalue weighted by molar-refractivity contribution is 0.0826. The van der Waals surface area contributed by atoms with E-state index in [1.165, 1.54) is 20.2 Å². The Morgan fingerprint density at radius 1 is 1.04 bits per heavy atom. The van der Waals surface area contributed by atoms with Gasteiger partial charge in [0.25, 0.3) is 0 Å².